The lowest BCUT2D eigenvalue weighted by molar-refractivity contribution is 0.111. The average Bonchev–Trinajstić information content (AvgIpc) is 4.04. The minimum absolute atomic E-state index is 0.437. The molecule has 0 heteroatoms. The van der Waals surface area contributed by atoms with Gasteiger partial charge in [-0.15, -0.1) is 0 Å². The van der Waals surface area contributed by atoms with E-state index in [-0.39, 0.29) is 0 Å². The summed E-state index contributed by atoms with van der Waals surface area (Å²) < 4.78 is 0. The minimum Gasteiger partial charge on any atom is -0.0651 e. The molecule has 0 radical (unpaired) electrons. The summed E-state index contributed by atoms with van der Waals surface area (Å²) in [5, 5.41) is 0. The molecule has 75 heavy (non-hydrogen) atoms. The number of hydrogen-bond acceptors (Lipinski definition) is 0. The highest BCUT2D eigenvalue weighted by Gasteiger charge is 2.49. The van der Waals surface area contributed by atoms with Crippen LogP contribution in [0.3, 0.4) is 0 Å². The highest BCUT2D eigenvalue weighted by Crippen LogP contribution is 2.60. The molecule has 0 nitrogen and oxygen atoms in total. The Kier molecular flexibility index (Phi) is 37.1. The van der Waals surface area contributed by atoms with Gasteiger partial charge in [0.1, 0.15) is 0 Å². The van der Waals surface area contributed by atoms with E-state index in [1.165, 1.54) is 95.3 Å². The van der Waals surface area contributed by atoms with Crippen molar-refractivity contribution in [3.63, 3.8) is 0 Å². The predicted octanol–water partition coefficient (Wildman–Crippen LogP) is 26.7. The third-order valence-corrected chi connectivity index (χ3v) is 22.4. The normalized spacial score (nSPS) is 26.8. The van der Waals surface area contributed by atoms with Crippen LogP contribution in [0.4, 0.5) is 0 Å². The molecule has 7 saturated carbocycles. The molecule has 7 rings (SSSR count). The van der Waals surface area contributed by atoms with Crippen molar-refractivity contribution in [3.8, 4) is 0 Å². The second-order valence-corrected chi connectivity index (χ2v) is 34.9. The molecule has 7 fully saturated rings. The van der Waals surface area contributed by atoms with Crippen LogP contribution >= 0.6 is 0 Å². The molecule has 0 spiro atoms. The molecule has 6 atom stereocenters. The van der Waals surface area contributed by atoms with Crippen molar-refractivity contribution in [2.75, 3.05) is 0 Å². The molecule has 0 aromatic heterocycles. The molecule has 0 bridgehead atoms. The Bertz CT molecular complexity index is 1290. The molecule has 4 unspecified atom stereocenters. The van der Waals surface area contributed by atoms with E-state index in [2.05, 4.69) is 249 Å². The van der Waals surface area contributed by atoms with Gasteiger partial charge in [0.2, 0.25) is 0 Å². The Morgan fingerprint density at radius 2 is 0.827 bits per heavy atom. The smallest absolute Gasteiger partial charge is 0.0297 e. The van der Waals surface area contributed by atoms with E-state index in [4.69, 9.17) is 0 Å². The van der Waals surface area contributed by atoms with Gasteiger partial charge >= 0.3 is 0 Å². The zero-order valence-corrected chi connectivity index (χ0v) is 60.1. The summed E-state index contributed by atoms with van der Waals surface area (Å²) in [4.78, 5) is 0. The molecule has 456 valence electrons. The Morgan fingerprint density at radius 1 is 0.467 bits per heavy atom. The van der Waals surface area contributed by atoms with E-state index in [1.807, 2.05) is 0 Å². The van der Waals surface area contributed by atoms with Crippen LogP contribution in [0.2, 0.25) is 0 Å². The van der Waals surface area contributed by atoms with E-state index in [0.717, 1.165) is 88.3 Å². The molecule has 0 amide bonds. The largest absolute Gasteiger partial charge is 0.0651 e. The lowest BCUT2D eigenvalue weighted by Crippen LogP contribution is -2.29. The van der Waals surface area contributed by atoms with E-state index in [9.17, 15) is 0 Å². The molecular weight excluding hydrogens is 901 g/mol. The third-order valence-electron chi connectivity index (χ3n) is 22.4. The molecule has 0 aromatic carbocycles. The number of hydrogen-bond donors (Lipinski definition) is 0. The SMILES string of the molecule is CC(C)(C)C(C)(C)C.CC(C)C(C)C(C)C.CC1(C2CC2)CC1.CC1CC(C)(C)C1.CC1CC(C)C1C.CCC(C)(C)C(C)C.CCC(C)C(C)(C)C.CCC1CC(C)C1.CC[C@@H](C)C(C)(C)C.C[C@H]1CC1C1CC1. The van der Waals surface area contributed by atoms with Gasteiger partial charge in [0.25, 0.3) is 0 Å². The standard InChI is InChI=1S/5C8H18.2C7H12.3C7H14/c1-7(2,3)8(4,5)6;2*1-6-7(2)8(3,4)5;1-6-8(4,5)7(2)3;1-6(2)8(5)7(3)4;1-7(4-5-7)6-2-3-6;1-5-4-7(5)6-2-3-6;1-6-4-7(2,3)5-6;1-5-4-6(2)7(5)3;1-3-7-4-6(2)5-7/h1-6H3;3*7H,6H2,1-5H3;6-8H,1-5H3;6H,2-5H2,1H3;5-7H,2-4H2,1H3;6H,4-5H2,1-3H3;5-7H,4H2,1-3H3;6-7H,3-5H2,1-2H3/t;7-;;;;;5-,7?;;;/m.1....0.../s1. The van der Waals surface area contributed by atoms with Gasteiger partial charge in [-0.1, -0.05) is 275 Å². The molecule has 0 aromatic rings. The zero-order valence-electron chi connectivity index (χ0n) is 60.1. The third kappa shape index (κ3) is 37.6. The van der Waals surface area contributed by atoms with Crippen molar-refractivity contribution < 1.29 is 0 Å². The fourth-order valence-electron chi connectivity index (χ4n) is 9.93. The second-order valence-electron chi connectivity index (χ2n) is 34.9. The maximum Gasteiger partial charge on any atom is -0.0297 e. The number of rotatable bonds is 9. The average molecular weight is 1060 g/mol. The maximum atomic E-state index is 2.44. The van der Waals surface area contributed by atoms with Crippen molar-refractivity contribution in [1.29, 1.82) is 0 Å². The van der Waals surface area contributed by atoms with E-state index >= 15 is 0 Å². The van der Waals surface area contributed by atoms with Crippen LogP contribution in [-0.4, -0.2) is 0 Å². The first kappa shape index (κ1) is 79.2. The van der Waals surface area contributed by atoms with Crippen LogP contribution in [0.5, 0.6) is 0 Å². The van der Waals surface area contributed by atoms with E-state index in [1.54, 1.807) is 19.3 Å². The van der Waals surface area contributed by atoms with Crippen LogP contribution in [0, 0.1) is 133 Å². The Morgan fingerprint density at radius 3 is 0.867 bits per heavy atom. The van der Waals surface area contributed by atoms with Crippen molar-refractivity contribution in [2.45, 2.75) is 352 Å². The first-order valence-electron chi connectivity index (χ1n) is 33.6. The quantitative estimate of drug-likeness (QED) is 0.216. The summed E-state index contributed by atoms with van der Waals surface area (Å²) in [7, 11) is 0. The van der Waals surface area contributed by atoms with Crippen molar-refractivity contribution in [2.24, 2.45) is 133 Å². The van der Waals surface area contributed by atoms with Gasteiger partial charge in [-0.05, 0) is 210 Å². The van der Waals surface area contributed by atoms with Crippen LogP contribution in [-0.2, 0) is 0 Å². The lowest BCUT2D eigenvalue weighted by Gasteiger charge is -2.40. The minimum atomic E-state index is 0.437. The van der Waals surface area contributed by atoms with Crippen LogP contribution in [0.15, 0.2) is 0 Å². The Hall–Kier alpha value is 0. The van der Waals surface area contributed by atoms with Gasteiger partial charge in [0.15, 0.2) is 0 Å². The Balaban J connectivity index is -0.000000768. The predicted molar refractivity (Wildman–Crippen MR) is 351 cm³/mol. The molecule has 0 saturated heterocycles. The first-order chi connectivity index (χ1) is 33.6. The van der Waals surface area contributed by atoms with Gasteiger partial charge in [0, 0.05) is 0 Å². The second kappa shape index (κ2) is 35.1. The molecule has 0 aliphatic heterocycles. The first-order valence-corrected chi connectivity index (χ1v) is 33.6. The van der Waals surface area contributed by atoms with E-state index < -0.39 is 0 Å². The fourth-order valence-corrected chi connectivity index (χ4v) is 9.93. The van der Waals surface area contributed by atoms with Gasteiger partial charge in [-0.2, -0.15) is 0 Å². The van der Waals surface area contributed by atoms with E-state index in [0.29, 0.717) is 32.5 Å². The molecule has 7 aliphatic rings. The summed E-state index contributed by atoms with van der Waals surface area (Å²) in [6.07, 6.45) is 23.4. The summed E-state index contributed by atoms with van der Waals surface area (Å²) in [5.41, 5.74) is 3.99. The van der Waals surface area contributed by atoms with Crippen LogP contribution < -0.4 is 0 Å². The molecule has 0 N–H and O–H groups in total. The highest BCUT2D eigenvalue weighted by molar-refractivity contribution is 5.00. The van der Waals surface area contributed by atoms with Gasteiger partial charge in [-0.3, -0.25) is 0 Å². The van der Waals surface area contributed by atoms with Gasteiger partial charge in [0.05, 0.1) is 0 Å². The van der Waals surface area contributed by atoms with Gasteiger partial charge < -0.3 is 0 Å². The summed E-state index contributed by atoms with van der Waals surface area (Å²) >= 11 is 0. The van der Waals surface area contributed by atoms with Crippen molar-refractivity contribution in [1.82, 2.24) is 0 Å². The molecule has 0 heterocycles. The fraction of sp³-hybridized carbons (Fsp3) is 1.00. The zero-order chi connectivity index (χ0) is 60.1. The molecular formula is C75H156. The lowest BCUT2D eigenvalue weighted by atomic mass is 9.65. The highest BCUT2D eigenvalue weighted by atomic mass is 14.5. The van der Waals surface area contributed by atoms with Crippen molar-refractivity contribution >= 4 is 0 Å². The summed E-state index contributed by atoms with van der Waals surface area (Å²) in [6, 6.07) is 0. The van der Waals surface area contributed by atoms with Crippen molar-refractivity contribution in [3.05, 3.63) is 0 Å². The monoisotopic (exact) mass is 1060 g/mol. The van der Waals surface area contributed by atoms with Crippen LogP contribution in [0.1, 0.15) is 352 Å². The maximum absolute atomic E-state index is 2.44. The topological polar surface area (TPSA) is 0 Å². The summed E-state index contributed by atoms with van der Waals surface area (Å²) in [6.45, 7) is 82.8. The van der Waals surface area contributed by atoms with Gasteiger partial charge in [-0.25, -0.2) is 0 Å². The Labute approximate surface area is 482 Å². The summed E-state index contributed by atoms with van der Waals surface area (Å²) in [5.74, 6) is 15.9. The molecule has 7 aliphatic carbocycles. The van der Waals surface area contributed by atoms with Crippen LogP contribution in [0.25, 0.3) is 0 Å².